The van der Waals surface area contributed by atoms with Gasteiger partial charge in [0.25, 0.3) is 5.91 Å². The Kier molecular flexibility index (Phi) is 15.8. The van der Waals surface area contributed by atoms with Gasteiger partial charge in [0.05, 0.1) is 6.04 Å². The Morgan fingerprint density at radius 1 is 1.06 bits per heavy atom. The number of nitrogens with one attached hydrogen (secondary N) is 1. The molecular weight excluding hydrogens is 436 g/mol. The van der Waals surface area contributed by atoms with Gasteiger partial charge < -0.3 is 20.7 Å². The largest absolute Gasteiger partial charge is 0.370 e. The Morgan fingerprint density at radius 2 is 1.71 bits per heavy atom. The number of benzene rings is 2. The predicted molar refractivity (Wildman–Crippen MR) is 149 cm³/mol. The lowest BCUT2D eigenvalue weighted by Crippen LogP contribution is -2.35. The quantitative estimate of drug-likeness (QED) is 0.275. The summed E-state index contributed by atoms with van der Waals surface area (Å²) in [6, 6.07) is 13.8. The van der Waals surface area contributed by atoms with Crippen molar-refractivity contribution in [2.75, 3.05) is 7.05 Å². The minimum absolute atomic E-state index is 0.101. The van der Waals surface area contributed by atoms with Crippen LogP contribution in [0.25, 0.3) is 0 Å². The van der Waals surface area contributed by atoms with Crippen LogP contribution in [0.5, 0.6) is 0 Å². The van der Waals surface area contributed by atoms with Crippen molar-refractivity contribution < 1.29 is 9.59 Å². The van der Waals surface area contributed by atoms with E-state index in [1.807, 2.05) is 104 Å². The lowest BCUT2D eigenvalue weighted by molar-refractivity contribution is -0.108. The van der Waals surface area contributed by atoms with Crippen LogP contribution in [0.4, 0.5) is 0 Å². The number of nitrogens with two attached hydrogens (primary N) is 1. The second-order valence-corrected chi connectivity index (χ2v) is 8.38. The van der Waals surface area contributed by atoms with E-state index in [1.165, 1.54) is 5.56 Å². The Balaban J connectivity index is 0.00000274. The van der Waals surface area contributed by atoms with Crippen LogP contribution in [-0.4, -0.2) is 36.1 Å². The first-order chi connectivity index (χ1) is 16.7. The summed E-state index contributed by atoms with van der Waals surface area (Å²) in [6.07, 6.45) is 1.23. The van der Waals surface area contributed by atoms with Crippen molar-refractivity contribution in [3.05, 3.63) is 70.3 Å². The lowest BCUT2D eigenvalue weighted by atomic mass is 10.0. The molecule has 1 unspecified atom stereocenters. The maximum Gasteiger partial charge on any atom is 0.251 e. The second-order valence-electron chi connectivity index (χ2n) is 8.38. The average Bonchev–Trinajstić information content (AvgIpc) is 2.85. The fourth-order valence-corrected chi connectivity index (χ4v) is 3.31. The molecule has 0 saturated heterocycles. The smallest absolute Gasteiger partial charge is 0.251 e. The van der Waals surface area contributed by atoms with Crippen LogP contribution in [0.3, 0.4) is 0 Å². The molecule has 2 rings (SSSR count). The van der Waals surface area contributed by atoms with E-state index in [-0.39, 0.29) is 17.9 Å². The third-order valence-electron chi connectivity index (χ3n) is 5.30. The molecule has 0 fully saturated rings. The van der Waals surface area contributed by atoms with Crippen LogP contribution in [-0.2, 0) is 17.9 Å². The predicted octanol–water partition coefficient (Wildman–Crippen LogP) is 5.65. The van der Waals surface area contributed by atoms with Crippen molar-refractivity contribution in [3.63, 3.8) is 0 Å². The van der Waals surface area contributed by atoms with Crippen LogP contribution in [0.2, 0.25) is 0 Å². The fourth-order valence-electron chi connectivity index (χ4n) is 3.31. The first-order valence-corrected chi connectivity index (χ1v) is 12.6. The number of hydrogen-bond donors (Lipinski definition) is 2. The number of rotatable bonds is 9. The molecule has 3 N–H and O–H groups in total. The maximum absolute atomic E-state index is 12.8. The van der Waals surface area contributed by atoms with Gasteiger partial charge >= 0.3 is 0 Å². The van der Waals surface area contributed by atoms with Gasteiger partial charge in [-0.05, 0) is 42.5 Å². The van der Waals surface area contributed by atoms with Crippen LogP contribution in [0, 0.1) is 19.8 Å². The summed E-state index contributed by atoms with van der Waals surface area (Å²) in [5.74, 6) is 0.503. The second kappa shape index (κ2) is 17.3. The molecule has 0 saturated carbocycles. The summed E-state index contributed by atoms with van der Waals surface area (Å²) in [5, 5.41) is 3.01. The summed E-state index contributed by atoms with van der Waals surface area (Å²) < 4.78 is 0. The van der Waals surface area contributed by atoms with Gasteiger partial charge in [-0.1, -0.05) is 83.5 Å². The highest BCUT2D eigenvalue weighted by molar-refractivity contribution is 5.95. The Morgan fingerprint density at radius 3 is 2.29 bits per heavy atom. The van der Waals surface area contributed by atoms with E-state index in [2.05, 4.69) is 16.4 Å². The topological polar surface area (TPSA) is 87.8 Å². The molecule has 2 aromatic rings. The van der Waals surface area contributed by atoms with E-state index in [1.54, 1.807) is 0 Å². The number of hydrogen-bond acceptors (Lipinski definition) is 3. The van der Waals surface area contributed by atoms with Gasteiger partial charge in [0.2, 0.25) is 0 Å². The standard InChI is InChI=1S/C25H34N4O2.2C2H6/c1-17(2)23(11-12-30)28-25(26)29(5)16-21-10-9-19(4)22(14-21)24(31)27-15-20-8-6-7-18(3)13-20;2*1-2/h6-10,12-14,17,23H,11,15-16H2,1-5H3,(H2,26,28)(H,27,31);2*1-2H3. The van der Waals surface area contributed by atoms with E-state index >= 15 is 0 Å². The zero-order valence-electron chi connectivity index (χ0n) is 23.2. The van der Waals surface area contributed by atoms with Gasteiger partial charge in [0, 0.05) is 32.1 Å². The molecule has 6 nitrogen and oxygen atoms in total. The molecule has 6 heteroatoms. The average molecular weight is 483 g/mol. The molecule has 0 spiro atoms. The zero-order chi connectivity index (χ0) is 27.0. The molecule has 0 aliphatic rings. The monoisotopic (exact) mass is 482 g/mol. The SMILES string of the molecule is CC.CC.Cc1cccc(CNC(=O)c2cc(CN(C)C(N)=NC(CC=O)C(C)C)ccc2C)c1. The van der Waals surface area contributed by atoms with Crippen molar-refractivity contribution in [2.45, 2.75) is 80.9 Å². The highest BCUT2D eigenvalue weighted by Gasteiger charge is 2.15. The van der Waals surface area contributed by atoms with Gasteiger partial charge in [0.1, 0.15) is 6.29 Å². The number of carbonyl (C=O) groups is 2. The summed E-state index contributed by atoms with van der Waals surface area (Å²) >= 11 is 0. The number of amides is 1. The molecule has 1 atom stereocenters. The molecule has 194 valence electrons. The van der Waals surface area contributed by atoms with Crippen LogP contribution in [0.1, 0.15) is 80.6 Å². The van der Waals surface area contributed by atoms with Gasteiger partial charge in [-0.15, -0.1) is 0 Å². The molecule has 0 aromatic heterocycles. The number of aliphatic imine (C=N–C) groups is 1. The lowest BCUT2D eigenvalue weighted by Gasteiger charge is -2.22. The highest BCUT2D eigenvalue weighted by Crippen LogP contribution is 2.15. The summed E-state index contributed by atoms with van der Waals surface area (Å²) in [7, 11) is 1.86. The Bertz CT molecular complexity index is 938. The molecule has 0 aliphatic carbocycles. The Labute approximate surface area is 213 Å². The highest BCUT2D eigenvalue weighted by atomic mass is 16.1. The first kappa shape index (κ1) is 31.9. The third kappa shape index (κ3) is 11.2. The van der Waals surface area contributed by atoms with E-state index in [0.29, 0.717) is 31.0 Å². The molecule has 0 aliphatic heterocycles. The Hall–Kier alpha value is -3.15. The third-order valence-corrected chi connectivity index (χ3v) is 5.30. The number of nitrogens with zero attached hydrogens (tertiary/aromatic N) is 2. The molecule has 0 bridgehead atoms. The molecular formula is C29H46N4O2. The molecule has 35 heavy (non-hydrogen) atoms. The van der Waals surface area contributed by atoms with Gasteiger partial charge in [-0.25, -0.2) is 4.99 Å². The van der Waals surface area contributed by atoms with Gasteiger partial charge in [-0.3, -0.25) is 4.79 Å². The maximum atomic E-state index is 12.8. The summed E-state index contributed by atoms with van der Waals surface area (Å²) in [5.41, 5.74) is 10.9. The van der Waals surface area contributed by atoms with Crippen molar-refractivity contribution in [1.29, 1.82) is 0 Å². The molecule has 0 heterocycles. The van der Waals surface area contributed by atoms with E-state index in [9.17, 15) is 9.59 Å². The van der Waals surface area contributed by atoms with E-state index in [0.717, 1.165) is 23.0 Å². The fraction of sp³-hybridized carbons (Fsp3) is 0.483. The van der Waals surface area contributed by atoms with Crippen molar-refractivity contribution >= 4 is 18.2 Å². The zero-order valence-corrected chi connectivity index (χ0v) is 23.2. The van der Waals surface area contributed by atoms with Crippen LogP contribution in [0.15, 0.2) is 47.5 Å². The minimum atomic E-state index is -0.138. The van der Waals surface area contributed by atoms with Crippen molar-refractivity contribution in [3.8, 4) is 0 Å². The summed E-state index contributed by atoms with van der Waals surface area (Å²) in [6.45, 7) is 17.0. The van der Waals surface area contributed by atoms with Crippen LogP contribution < -0.4 is 11.1 Å². The number of guanidine groups is 1. The molecule has 1 amide bonds. The normalized spacial score (nSPS) is 11.4. The van der Waals surface area contributed by atoms with Gasteiger partial charge in [-0.2, -0.15) is 0 Å². The van der Waals surface area contributed by atoms with Crippen LogP contribution >= 0.6 is 0 Å². The number of aryl methyl sites for hydroxylation is 2. The van der Waals surface area contributed by atoms with E-state index < -0.39 is 0 Å². The van der Waals surface area contributed by atoms with Crippen molar-refractivity contribution in [2.24, 2.45) is 16.6 Å². The minimum Gasteiger partial charge on any atom is -0.370 e. The summed E-state index contributed by atoms with van der Waals surface area (Å²) in [4.78, 5) is 30.0. The molecule has 2 aromatic carbocycles. The first-order valence-electron chi connectivity index (χ1n) is 12.6. The van der Waals surface area contributed by atoms with Crippen molar-refractivity contribution in [1.82, 2.24) is 10.2 Å². The van der Waals surface area contributed by atoms with E-state index in [4.69, 9.17) is 5.73 Å². The molecule has 0 radical (unpaired) electrons. The number of aldehydes is 1. The number of carbonyl (C=O) groups excluding carboxylic acids is 2. The van der Waals surface area contributed by atoms with Gasteiger partial charge in [0.15, 0.2) is 5.96 Å².